The van der Waals surface area contributed by atoms with E-state index in [0.717, 1.165) is 5.56 Å². The monoisotopic (exact) mass is 250 g/mol. The molecule has 1 aromatic heterocycles. The highest BCUT2D eigenvalue weighted by atomic mass is 19.1. The van der Waals surface area contributed by atoms with Gasteiger partial charge in [0.1, 0.15) is 12.3 Å². The van der Waals surface area contributed by atoms with Crippen molar-refractivity contribution in [3.63, 3.8) is 0 Å². The molecule has 2 aromatic rings. The molecule has 0 atom stereocenters. The normalized spacial score (nSPS) is 10.6. The number of aromatic nitrogens is 3. The van der Waals surface area contributed by atoms with Crippen LogP contribution in [0.4, 0.5) is 4.39 Å². The summed E-state index contributed by atoms with van der Waals surface area (Å²) in [5.74, 6) is -0.140. The first-order valence-electron chi connectivity index (χ1n) is 5.66. The minimum Gasteiger partial charge on any atom is -0.484 e. The fourth-order valence-corrected chi connectivity index (χ4v) is 1.68. The Hall–Kier alpha value is -1.95. The lowest BCUT2D eigenvalue weighted by Gasteiger charge is -2.10. The Morgan fingerprint density at radius 1 is 1.44 bits per heavy atom. The Bertz CT molecular complexity index is 527. The van der Waals surface area contributed by atoms with Crippen molar-refractivity contribution in [2.75, 3.05) is 6.54 Å². The van der Waals surface area contributed by atoms with Crippen molar-refractivity contribution >= 4 is 0 Å². The lowest BCUT2D eigenvalue weighted by molar-refractivity contribution is 0.282. The first-order chi connectivity index (χ1) is 8.70. The Morgan fingerprint density at radius 2 is 2.28 bits per heavy atom. The molecule has 0 unspecified atom stereocenters. The van der Waals surface area contributed by atoms with Crippen LogP contribution in [0.5, 0.6) is 5.75 Å². The van der Waals surface area contributed by atoms with E-state index in [1.54, 1.807) is 24.0 Å². The van der Waals surface area contributed by atoms with Crippen molar-refractivity contribution in [1.82, 2.24) is 15.0 Å². The number of halogens is 1. The van der Waals surface area contributed by atoms with Gasteiger partial charge in [0.2, 0.25) is 0 Å². The minimum atomic E-state index is -0.384. The van der Waals surface area contributed by atoms with Crippen molar-refractivity contribution in [1.29, 1.82) is 0 Å². The molecule has 2 N–H and O–H groups in total. The van der Waals surface area contributed by atoms with Crippen molar-refractivity contribution in [2.45, 2.75) is 13.0 Å². The molecule has 1 heterocycles. The van der Waals surface area contributed by atoms with E-state index in [9.17, 15) is 4.39 Å². The van der Waals surface area contributed by atoms with E-state index < -0.39 is 0 Å². The van der Waals surface area contributed by atoms with E-state index in [2.05, 4.69) is 10.3 Å². The molecule has 0 saturated carbocycles. The van der Waals surface area contributed by atoms with Crippen LogP contribution in [0.1, 0.15) is 11.3 Å². The summed E-state index contributed by atoms with van der Waals surface area (Å²) < 4.78 is 20.7. The number of hydrogen-bond donors (Lipinski definition) is 1. The number of aryl methyl sites for hydroxylation is 1. The predicted octanol–water partition coefficient (Wildman–Crippen LogP) is 1.03. The quantitative estimate of drug-likeness (QED) is 0.861. The molecular formula is C12H15FN4O. The second-order valence-electron chi connectivity index (χ2n) is 3.94. The van der Waals surface area contributed by atoms with Gasteiger partial charge in [0.05, 0.1) is 6.20 Å². The van der Waals surface area contributed by atoms with Gasteiger partial charge in [-0.1, -0.05) is 17.3 Å². The number of benzene rings is 1. The van der Waals surface area contributed by atoms with Gasteiger partial charge in [-0.2, -0.15) is 0 Å². The first kappa shape index (κ1) is 12.5. The zero-order valence-electron chi connectivity index (χ0n) is 10.1. The summed E-state index contributed by atoms with van der Waals surface area (Å²) in [5, 5.41) is 7.66. The Balaban J connectivity index is 2.12. The summed E-state index contributed by atoms with van der Waals surface area (Å²) in [6.45, 7) is 0.636. The maximum atomic E-state index is 13.7. The third-order valence-corrected chi connectivity index (χ3v) is 2.48. The Labute approximate surface area is 104 Å². The van der Waals surface area contributed by atoms with E-state index in [4.69, 9.17) is 10.5 Å². The molecule has 0 aliphatic carbocycles. The number of rotatable bonds is 5. The van der Waals surface area contributed by atoms with Crippen LogP contribution in [-0.2, 0) is 20.1 Å². The third kappa shape index (κ3) is 2.84. The van der Waals surface area contributed by atoms with E-state index in [1.165, 1.54) is 6.07 Å². The fraction of sp³-hybridized carbons (Fsp3) is 0.333. The van der Waals surface area contributed by atoms with Gasteiger partial charge in [0.15, 0.2) is 11.6 Å². The van der Waals surface area contributed by atoms with Gasteiger partial charge >= 0.3 is 0 Å². The molecule has 0 fully saturated rings. The van der Waals surface area contributed by atoms with Gasteiger partial charge in [-0.05, 0) is 24.6 Å². The van der Waals surface area contributed by atoms with Gasteiger partial charge in [-0.25, -0.2) is 4.39 Å². The Kier molecular flexibility index (Phi) is 3.88. The van der Waals surface area contributed by atoms with Crippen molar-refractivity contribution < 1.29 is 9.13 Å². The zero-order chi connectivity index (χ0) is 13.0. The maximum Gasteiger partial charge on any atom is 0.165 e. The lowest BCUT2D eigenvalue weighted by atomic mass is 10.1. The molecule has 0 aliphatic heterocycles. The number of ether oxygens (including phenoxy) is 1. The number of nitrogens with zero attached hydrogens (tertiary/aromatic N) is 3. The second-order valence-corrected chi connectivity index (χ2v) is 3.94. The van der Waals surface area contributed by atoms with Crippen molar-refractivity contribution in [3.05, 3.63) is 41.5 Å². The van der Waals surface area contributed by atoms with Crippen LogP contribution in [0.2, 0.25) is 0 Å². The van der Waals surface area contributed by atoms with Crippen LogP contribution in [0, 0.1) is 5.82 Å². The largest absolute Gasteiger partial charge is 0.484 e. The molecule has 0 spiro atoms. The molecule has 0 aliphatic rings. The average Bonchev–Trinajstić information content (AvgIpc) is 2.75. The highest BCUT2D eigenvalue weighted by molar-refractivity contribution is 5.35. The summed E-state index contributed by atoms with van der Waals surface area (Å²) in [4.78, 5) is 0. The van der Waals surface area contributed by atoms with Crippen molar-refractivity contribution in [2.24, 2.45) is 12.8 Å². The smallest absolute Gasteiger partial charge is 0.165 e. The van der Waals surface area contributed by atoms with E-state index >= 15 is 0 Å². The fourth-order valence-electron chi connectivity index (χ4n) is 1.68. The van der Waals surface area contributed by atoms with Gasteiger partial charge < -0.3 is 10.5 Å². The average molecular weight is 250 g/mol. The summed E-state index contributed by atoms with van der Waals surface area (Å²) in [5.41, 5.74) is 6.90. The molecule has 96 valence electrons. The van der Waals surface area contributed by atoms with Gasteiger partial charge in [0.25, 0.3) is 0 Å². The molecular weight excluding hydrogens is 235 g/mol. The zero-order valence-corrected chi connectivity index (χ0v) is 10.1. The van der Waals surface area contributed by atoms with Crippen LogP contribution >= 0.6 is 0 Å². The maximum absolute atomic E-state index is 13.7. The van der Waals surface area contributed by atoms with Crippen LogP contribution in [-0.4, -0.2) is 21.5 Å². The Morgan fingerprint density at radius 3 is 2.94 bits per heavy atom. The molecule has 6 heteroatoms. The van der Waals surface area contributed by atoms with Gasteiger partial charge in [-0.3, -0.25) is 4.68 Å². The SMILES string of the molecule is Cn1cc(COc2c(F)cccc2CCN)nn1. The lowest BCUT2D eigenvalue weighted by Crippen LogP contribution is -2.07. The summed E-state index contributed by atoms with van der Waals surface area (Å²) >= 11 is 0. The molecule has 1 aromatic carbocycles. The van der Waals surface area contributed by atoms with Crippen molar-refractivity contribution in [3.8, 4) is 5.75 Å². The molecule has 2 rings (SSSR count). The van der Waals surface area contributed by atoms with E-state index in [-0.39, 0.29) is 18.2 Å². The van der Waals surface area contributed by atoms with Crippen LogP contribution in [0.25, 0.3) is 0 Å². The summed E-state index contributed by atoms with van der Waals surface area (Å²) in [7, 11) is 1.76. The van der Waals surface area contributed by atoms with Crippen LogP contribution < -0.4 is 10.5 Å². The molecule has 0 amide bonds. The van der Waals surface area contributed by atoms with Gasteiger partial charge in [0, 0.05) is 7.05 Å². The highest BCUT2D eigenvalue weighted by Crippen LogP contribution is 2.23. The molecule has 18 heavy (non-hydrogen) atoms. The minimum absolute atomic E-state index is 0.187. The predicted molar refractivity (Wildman–Crippen MR) is 64.5 cm³/mol. The second kappa shape index (κ2) is 5.59. The third-order valence-electron chi connectivity index (χ3n) is 2.48. The molecule has 0 bridgehead atoms. The number of nitrogens with two attached hydrogens (primary N) is 1. The standard InChI is InChI=1S/C12H15FN4O/c1-17-7-10(15-16-17)8-18-12-9(5-6-14)3-2-4-11(12)13/h2-4,7H,5-6,8,14H2,1H3. The van der Waals surface area contributed by atoms with Crippen LogP contribution in [0.15, 0.2) is 24.4 Å². The summed E-state index contributed by atoms with van der Waals surface area (Å²) in [6.07, 6.45) is 2.30. The molecule has 5 nitrogen and oxygen atoms in total. The molecule has 0 saturated heterocycles. The first-order valence-corrected chi connectivity index (χ1v) is 5.66. The topological polar surface area (TPSA) is 66.0 Å². The van der Waals surface area contributed by atoms with E-state index in [0.29, 0.717) is 18.7 Å². The van der Waals surface area contributed by atoms with E-state index in [1.807, 2.05) is 6.07 Å². The van der Waals surface area contributed by atoms with Gasteiger partial charge in [-0.15, -0.1) is 5.10 Å². The number of para-hydroxylation sites is 1. The number of hydrogen-bond acceptors (Lipinski definition) is 4. The molecule has 0 radical (unpaired) electrons. The van der Waals surface area contributed by atoms with Crippen LogP contribution in [0.3, 0.4) is 0 Å². The highest BCUT2D eigenvalue weighted by Gasteiger charge is 2.10. The summed E-state index contributed by atoms with van der Waals surface area (Å²) in [6, 6.07) is 4.82.